The van der Waals surface area contributed by atoms with Crippen molar-refractivity contribution in [3.8, 4) is 0 Å². The lowest BCUT2D eigenvalue weighted by atomic mass is 10.6. The maximum Gasteiger partial charge on any atom is 0.0867 e. The normalized spacial score (nSPS) is 11.0. The van der Waals surface area contributed by atoms with Crippen LogP contribution in [-0.4, -0.2) is 6.72 Å². The van der Waals surface area contributed by atoms with E-state index in [-0.39, 0.29) is 0 Å². The Labute approximate surface area is 41.9 Å². The molecule has 0 bridgehead atoms. The summed E-state index contributed by atoms with van der Waals surface area (Å²) in [5.74, 6) is 0. The molecule has 7 heavy (non-hydrogen) atoms. The van der Waals surface area contributed by atoms with Crippen LogP contribution in [0.5, 0.6) is 0 Å². The molecule has 0 heterocycles. The van der Waals surface area contributed by atoms with Crippen molar-refractivity contribution in [2.75, 3.05) is 0 Å². The summed E-state index contributed by atoms with van der Waals surface area (Å²) in [5.41, 5.74) is 0. The van der Waals surface area contributed by atoms with Gasteiger partial charge >= 0.3 is 0 Å². The molecule has 0 aromatic rings. The summed E-state index contributed by atoms with van der Waals surface area (Å²) in [5, 5.41) is 0. The van der Waals surface area contributed by atoms with Gasteiger partial charge in [-0.3, -0.25) is 4.99 Å². The molecule has 0 atom stereocenters. The number of hydrogen-bond donors (Lipinski definition) is 0. The van der Waals surface area contributed by atoms with Gasteiger partial charge in [-0.05, 0) is 18.9 Å². The quantitative estimate of drug-likeness (QED) is 0.369. The van der Waals surface area contributed by atoms with Gasteiger partial charge in [-0.2, -0.15) is 0 Å². The lowest BCUT2D eigenvalue weighted by Crippen LogP contribution is -1.43. The first-order valence-corrected chi connectivity index (χ1v) is 1.79. The molecule has 0 aliphatic rings. The van der Waals surface area contributed by atoms with Gasteiger partial charge in [-0.1, -0.05) is 0 Å². The highest BCUT2D eigenvalue weighted by Gasteiger charge is 1.54. The number of allylic oxidation sites excluding steroid dienone is 2. The van der Waals surface area contributed by atoms with Gasteiger partial charge in [0.05, 0.1) is 6.33 Å². The fourth-order valence-electron chi connectivity index (χ4n) is 0.153. The molecule has 0 aromatic heterocycles. The predicted octanol–water partition coefficient (Wildman–Crippen LogP) is 1.68. The molecule has 0 aromatic carbocycles. The molecule has 0 saturated heterocycles. The monoisotopic (exact) mass is 99.0 g/mol. The zero-order chi connectivity index (χ0) is 5.54. The first kappa shape index (κ1) is 6.08. The second-order valence-corrected chi connectivity index (χ2v) is 0.843. The summed E-state index contributed by atoms with van der Waals surface area (Å²) in [6.45, 7) is 3.14. The molecule has 0 saturated carbocycles. The highest BCUT2D eigenvalue weighted by atomic mass is 19.1. The van der Waals surface area contributed by atoms with Crippen LogP contribution in [0.2, 0.25) is 0 Å². The minimum atomic E-state index is 0.432. The van der Waals surface area contributed by atoms with Crippen LogP contribution in [0, 0.1) is 0 Å². The summed E-state index contributed by atoms with van der Waals surface area (Å²) in [6.07, 6.45) is 4.51. The summed E-state index contributed by atoms with van der Waals surface area (Å²) < 4.78 is 11.0. The highest BCUT2D eigenvalue weighted by molar-refractivity contribution is 5.25. The van der Waals surface area contributed by atoms with Crippen LogP contribution in [0.3, 0.4) is 0 Å². The zero-order valence-corrected chi connectivity index (χ0v) is 3.84. The molecular weight excluding hydrogens is 93.1 g/mol. The van der Waals surface area contributed by atoms with E-state index in [1.165, 1.54) is 18.4 Å². The minimum absolute atomic E-state index is 0.432. The predicted molar refractivity (Wildman–Crippen MR) is 28.9 cm³/mol. The van der Waals surface area contributed by atoms with Crippen LogP contribution in [0.4, 0.5) is 4.39 Å². The van der Waals surface area contributed by atoms with Gasteiger partial charge in [0.1, 0.15) is 0 Å². The Balaban J connectivity index is 3.27. The van der Waals surface area contributed by atoms with Crippen molar-refractivity contribution in [3.05, 3.63) is 24.7 Å². The fourth-order valence-corrected chi connectivity index (χ4v) is 0.153. The van der Waals surface area contributed by atoms with E-state index >= 15 is 0 Å². The third-order valence-corrected chi connectivity index (χ3v) is 0.375. The van der Waals surface area contributed by atoms with Crippen molar-refractivity contribution in [2.45, 2.75) is 0 Å². The Bertz CT molecular complexity index is 94.3. The van der Waals surface area contributed by atoms with E-state index in [9.17, 15) is 4.39 Å². The molecule has 0 N–H and O–H groups in total. The van der Waals surface area contributed by atoms with Crippen LogP contribution in [-0.2, 0) is 0 Å². The van der Waals surface area contributed by atoms with Gasteiger partial charge in [0.2, 0.25) is 0 Å². The van der Waals surface area contributed by atoms with Crippen LogP contribution in [0.1, 0.15) is 0 Å². The summed E-state index contributed by atoms with van der Waals surface area (Å²) >= 11 is 0. The second kappa shape index (κ2) is 5.08. The topological polar surface area (TPSA) is 12.4 Å². The smallest absolute Gasteiger partial charge is 0.0867 e. The van der Waals surface area contributed by atoms with Crippen LogP contribution < -0.4 is 0 Å². The maximum atomic E-state index is 11.0. The molecule has 2 heteroatoms. The standard InChI is InChI=1S/C5H6FN/c1-7-5-3-2-4-6/h2-5H,1H2/b4-2+,5-3-. The molecule has 0 unspecified atom stereocenters. The number of aliphatic imine (C=N–C) groups is 1. The number of halogens is 1. The Morgan fingerprint density at radius 3 is 2.57 bits per heavy atom. The third-order valence-electron chi connectivity index (χ3n) is 0.375. The van der Waals surface area contributed by atoms with Crippen molar-refractivity contribution in [1.82, 2.24) is 0 Å². The average Bonchev–Trinajstić information content (AvgIpc) is 1.69. The van der Waals surface area contributed by atoms with Crippen molar-refractivity contribution in [1.29, 1.82) is 0 Å². The minimum Gasteiger partial charge on any atom is -0.273 e. The molecule has 0 fully saturated rings. The van der Waals surface area contributed by atoms with Gasteiger partial charge in [0.25, 0.3) is 0 Å². The van der Waals surface area contributed by atoms with Crippen molar-refractivity contribution in [3.63, 3.8) is 0 Å². The summed E-state index contributed by atoms with van der Waals surface area (Å²) in [6, 6.07) is 0. The first-order valence-electron chi connectivity index (χ1n) is 1.79. The van der Waals surface area contributed by atoms with E-state index in [2.05, 4.69) is 11.7 Å². The molecular formula is C5H6FN. The molecule has 0 spiro atoms. The lowest BCUT2D eigenvalue weighted by Gasteiger charge is -1.64. The van der Waals surface area contributed by atoms with Crippen LogP contribution in [0.15, 0.2) is 29.7 Å². The van der Waals surface area contributed by atoms with E-state index in [1.807, 2.05) is 0 Å². The van der Waals surface area contributed by atoms with Gasteiger partial charge in [0.15, 0.2) is 0 Å². The Kier molecular flexibility index (Phi) is 4.41. The zero-order valence-electron chi connectivity index (χ0n) is 3.84. The van der Waals surface area contributed by atoms with Gasteiger partial charge in [-0.15, -0.1) is 0 Å². The Morgan fingerprint density at radius 1 is 1.43 bits per heavy atom. The van der Waals surface area contributed by atoms with E-state index in [0.717, 1.165) is 0 Å². The first-order chi connectivity index (χ1) is 3.41. The fraction of sp³-hybridized carbons (Fsp3) is 0. The van der Waals surface area contributed by atoms with Gasteiger partial charge < -0.3 is 0 Å². The Hall–Kier alpha value is -0.920. The molecule has 0 radical (unpaired) electrons. The molecule has 0 aliphatic carbocycles. The van der Waals surface area contributed by atoms with Gasteiger partial charge in [-0.25, -0.2) is 4.39 Å². The number of rotatable bonds is 2. The maximum absolute atomic E-state index is 11.0. The molecule has 0 rings (SSSR count). The molecule has 38 valence electrons. The van der Waals surface area contributed by atoms with E-state index in [0.29, 0.717) is 6.33 Å². The molecule has 1 nitrogen and oxygen atoms in total. The van der Waals surface area contributed by atoms with Crippen LogP contribution >= 0.6 is 0 Å². The second-order valence-electron chi connectivity index (χ2n) is 0.843. The van der Waals surface area contributed by atoms with E-state index < -0.39 is 0 Å². The van der Waals surface area contributed by atoms with Crippen LogP contribution in [0.25, 0.3) is 0 Å². The lowest BCUT2D eigenvalue weighted by molar-refractivity contribution is 0.721. The Morgan fingerprint density at radius 2 is 2.14 bits per heavy atom. The van der Waals surface area contributed by atoms with E-state index in [1.54, 1.807) is 0 Å². The summed E-state index contributed by atoms with van der Waals surface area (Å²) in [4.78, 5) is 3.32. The van der Waals surface area contributed by atoms with Crippen molar-refractivity contribution < 1.29 is 4.39 Å². The van der Waals surface area contributed by atoms with Crippen molar-refractivity contribution in [2.24, 2.45) is 4.99 Å². The third kappa shape index (κ3) is 5.08. The SMILES string of the molecule is C=N/C=C\C=C\F. The number of nitrogens with zero attached hydrogens (tertiary/aromatic N) is 1. The molecule has 0 amide bonds. The highest BCUT2D eigenvalue weighted by Crippen LogP contribution is 1.75. The van der Waals surface area contributed by atoms with Crippen molar-refractivity contribution >= 4 is 6.72 Å². The average molecular weight is 99.1 g/mol. The summed E-state index contributed by atoms with van der Waals surface area (Å²) in [7, 11) is 0. The van der Waals surface area contributed by atoms with Gasteiger partial charge in [0, 0.05) is 6.20 Å². The molecule has 0 aliphatic heterocycles. The van der Waals surface area contributed by atoms with E-state index in [4.69, 9.17) is 0 Å². The number of hydrogen-bond acceptors (Lipinski definition) is 1. The largest absolute Gasteiger partial charge is 0.273 e.